The summed E-state index contributed by atoms with van der Waals surface area (Å²) < 4.78 is 32.2. The van der Waals surface area contributed by atoms with Gasteiger partial charge in [0.05, 0.1) is 17.7 Å². The lowest BCUT2D eigenvalue weighted by Gasteiger charge is -2.06. The molecule has 2 N–H and O–H groups in total. The normalized spacial score (nSPS) is 11.4. The van der Waals surface area contributed by atoms with Gasteiger partial charge in [-0.15, -0.1) is 10.2 Å². The van der Waals surface area contributed by atoms with Crippen LogP contribution in [0, 0.1) is 0 Å². The van der Waals surface area contributed by atoms with Crippen LogP contribution >= 0.6 is 22.7 Å². The molecule has 4 aromatic rings. The zero-order chi connectivity index (χ0) is 20.3. The maximum absolute atomic E-state index is 12.4. The van der Waals surface area contributed by atoms with Crippen molar-refractivity contribution in [3.05, 3.63) is 70.8 Å². The van der Waals surface area contributed by atoms with E-state index in [1.54, 1.807) is 23.5 Å². The van der Waals surface area contributed by atoms with E-state index in [0.29, 0.717) is 21.5 Å². The summed E-state index contributed by atoms with van der Waals surface area (Å²) in [6.45, 7) is 0.0427. The van der Waals surface area contributed by atoms with Crippen molar-refractivity contribution in [3.8, 4) is 10.6 Å². The lowest BCUT2D eigenvalue weighted by Crippen LogP contribution is -2.23. The number of rotatable bonds is 7. The molecule has 0 spiro atoms. The van der Waals surface area contributed by atoms with E-state index in [0.717, 1.165) is 5.56 Å². The van der Waals surface area contributed by atoms with E-state index in [2.05, 4.69) is 20.2 Å². The Morgan fingerprint density at radius 1 is 1.10 bits per heavy atom. The second-order valence-corrected chi connectivity index (χ2v) is 9.33. The van der Waals surface area contributed by atoms with Crippen LogP contribution in [0.15, 0.2) is 68.8 Å². The minimum absolute atomic E-state index is 0.0427. The van der Waals surface area contributed by atoms with Crippen LogP contribution < -0.4 is 10.0 Å². The minimum Gasteiger partial charge on any atom is -0.468 e. The second kappa shape index (κ2) is 8.25. The number of carbonyl (C=O) groups is 1. The summed E-state index contributed by atoms with van der Waals surface area (Å²) in [4.78, 5) is 12.5. The Labute approximate surface area is 174 Å². The topological polar surface area (TPSA) is 114 Å². The number of hydrogen-bond donors (Lipinski definition) is 2. The number of sulfonamides is 1. The Hall–Kier alpha value is -2.86. The summed E-state index contributed by atoms with van der Waals surface area (Å²) >= 11 is 2.82. The van der Waals surface area contributed by atoms with Crippen LogP contribution in [-0.4, -0.2) is 24.5 Å². The molecule has 0 atom stereocenters. The van der Waals surface area contributed by atoms with E-state index in [4.69, 9.17) is 4.42 Å². The highest BCUT2D eigenvalue weighted by molar-refractivity contribution is 7.89. The highest BCUT2D eigenvalue weighted by Gasteiger charge is 2.16. The van der Waals surface area contributed by atoms with Crippen molar-refractivity contribution in [2.75, 3.05) is 5.32 Å². The van der Waals surface area contributed by atoms with Crippen molar-refractivity contribution in [2.45, 2.75) is 11.4 Å². The molecule has 0 bridgehead atoms. The largest absolute Gasteiger partial charge is 0.468 e. The predicted octanol–water partition coefficient (Wildman–Crippen LogP) is 3.59. The standard InChI is InChI=1S/C18H14N4O4S3/c23-16(20-18-22-21-17(28-18)13-7-9-27-11-13)12-3-5-15(6-4-12)29(24,25)19-10-14-2-1-8-26-14/h1-9,11,19H,10H2,(H,20,22,23). The molecule has 0 fully saturated rings. The van der Waals surface area contributed by atoms with Crippen LogP contribution in [0.5, 0.6) is 0 Å². The summed E-state index contributed by atoms with van der Waals surface area (Å²) in [6.07, 6.45) is 1.47. The molecule has 11 heteroatoms. The fraction of sp³-hybridized carbons (Fsp3) is 0.0556. The number of carbonyl (C=O) groups excluding carboxylic acids is 1. The summed E-state index contributed by atoms with van der Waals surface area (Å²) in [7, 11) is -3.72. The second-order valence-electron chi connectivity index (χ2n) is 5.81. The van der Waals surface area contributed by atoms with E-state index in [1.807, 2.05) is 16.8 Å². The molecular weight excluding hydrogens is 432 g/mol. The molecule has 29 heavy (non-hydrogen) atoms. The summed E-state index contributed by atoms with van der Waals surface area (Å²) in [5, 5.41) is 15.7. The van der Waals surface area contributed by atoms with Crippen LogP contribution in [0.4, 0.5) is 5.13 Å². The van der Waals surface area contributed by atoms with Gasteiger partial charge in [-0.1, -0.05) is 11.3 Å². The van der Waals surface area contributed by atoms with Gasteiger partial charge in [0.1, 0.15) is 10.8 Å². The van der Waals surface area contributed by atoms with Crippen LogP contribution in [0.2, 0.25) is 0 Å². The van der Waals surface area contributed by atoms with Gasteiger partial charge in [-0.05, 0) is 47.8 Å². The first-order valence-corrected chi connectivity index (χ1v) is 11.5. The van der Waals surface area contributed by atoms with Crippen molar-refractivity contribution in [1.82, 2.24) is 14.9 Å². The zero-order valence-corrected chi connectivity index (χ0v) is 17.2. The lowest BCUT2D eigenvalue weighted by molar-refractivity contribution is 0.102. The number of nitrogens with one attached hydrogen (secondary N) is 2. The number of nitrogens with zero attached hydrogens (tertiary/aromatic N) is 2. The molecule has 148 valence electrons. The minimum atomic E-state index is -3.72. The molecule has 3 aromatic heterocycles. The number of benzene rings is 1. The van der Waals surface area contributed by atoms with Gasteiger partial charge in [0.25, 0.3) is 5.91 Å². The molecule has 0 aliphatic heterocycles. The van der Waals surface area contributed by atoms with Gasteiger partial charge in [0, 0.05) is 16.5 Å². The van der Waals surface area contributed by atoms with Gasteiger partial charge >= 0.3 is 0 Å². The number of anilines is 1. The summed E-state index contributed by atoms with van der Waals surface area (Å²) in [5.74, 6) is 0.106. The van der Waals surface area contributed by atoms with Crippen LogP contribution in [0.3, 0.4) is 0 Å². The molecule has 8 nitrogen and oxygen atoms in total. The lowest BCUT2D eigenvalue weighted by atomic mass is 10.2. The van der Waals surface area contributed by atoms with Crippen molar-refractivity contribution >= 4 is 43.7 Å². The predicted molar refractivity (Wildman–Crippen MR) is 110 cm³/mol. The third kappa shape index (κ3) is 4.59. The van der Waals surface area contributed by atoms with Crippen molar-refractivity contribution in [1.29, 1.82) is 0 Å². The van der Waals surface area contributed by atoms with Crippen molar-refractivity contribution in [3.63, 3.8) is 0 Å². The van der Waals surface area contributed by atoms with E-state index < -0.39 is 15.9 Å². The Morgan fingerprint density at radius 3 is 2.62 bits per heavy atom. The van der Waals surface area contributed by atoms with Crippen LogP contribution in [0.1, 0.15) is 16.1 Å². The first-order valence-electron chi connectivity index (χ1n) is 8.31. The van der Waals surface area contributed by atoms with Crippen molar-refractivity contribution in [2.24, 2.45) is 0 Å². The average molecular weight is 447 g/mol. The molecule has 0 saturated carbocycles. The Bertz CT molecular complexity index is 1200. The molecule has 3 heterocycles. The smallest absolute Gasteiger partial charge is 0.257 e. The highest BCUT2D eigenvalue weighted by atomic mass is 32.2. The van der Waals surface area contributed by atoms with E-state index in [-0.39, 0.29) is 11.4 Å². The fourth-order valence-electron chi connectivity index (χ4n) is 2.39. The molecule has 0 radical (unpaired) electrons. The molecule has 0 aliphatic rings. The molecule has 4 rings (SSSR count). The van der Waals surface area contributed by atoms with Gasteiger partial charge in [-0.3, -0.25) is 10.1 Å². The quantitative estimate of drug-likeness (QED) is 0.448. The van der Waals surface area contributed by atoms with Gasteiger partial charge in [0.15, 0.2) is 0 Å². The SMILES string of the molecule is O=C(Nc1nnc(-c2ccsc2)s1)c1ccc(S(=O)(=O)NCc2ccco2)cc1. The highest BCUT2D eigenvalue weighted by Crippen LogP contribution is 2.28. The van der Waals surface area contributed by atoms with Gasteiger partial charge in [-0.25, -0.2) is 13.1 Å². The molecule has 1 amide bonds. The van der Waals surface area contributed by atoms with E-state index >= 15 is 0 Å². The number of hydrogen-bond acceptors (Lipinski definition) is 8. The number of thiophene rings is 1. The molecule has 0 aliphatic carbocycles. The fourth-order valence-corrected chi connectivity index (χ4v) is 4.84. The first kappa shape index (κ1) is 19.5. The first-order chi connectivity index (χ1) is 14.0. The maximum atomic E-state index is 12.4. The van der Waals surface area contributed by atoms with E-state index in [1.165, 1.54) is 41.9 Å². The average Bonchev–Trinajstić information content (AvgIpc) is 3.48. The Kier molecular flexibility index (Phi) is 5.53. The van der Waals surface area contributed by atoms with E-state index in [9.17, 15) is 13.2 Å². The Balaban J connectivity index is 1.41. The van der Waals surface area contributed by atoms with Gasteiger partial charge in [-0.2, -0.15) is 11.3 Å². The Morgan fingerprint density at radius 2 is 1.93 bits per heavy atom. The van der Waals surface area contributed by atoms with Crippen LogP contribution in [0.25, 0.3) is 10.6 Å². The zero-order valence-electron chi connectivity index (χ0n) is 14.7. The number of amides is 1. The molecule has 0 saturated heterocycles. The van der Waals surface area contributed by atoms with Crippen LogP contribution in [-0.2, 0) is 16.6 Å². The third-order valence-electron chi connectivity index (χ3n) is 3.86. The van der Waals surface area contributed by atoms with Gasteiger partial charge < -0.3 is 4.42 Å². The van der Waals surface area contributed by atoms with Crippen molar-refractivity contribution < 1.29 is 17.6 Å². The molecule has 0 unspecified atom stereocenters. The number of aromatic nitrogens is 2. The summed E-state index contributed by atoms with van der Waals surface area (Å²) in [5.41, 5.74) is 1.26. The monoisotopic (exact) mass is 446 g/mol. The molecule has 1 aromatic carbocycles. The molecular formula is C18H14N4O4S3. The van der Waals surface area contributed by atoms with Gasteiger partial charge in [0.2, 0.25) is 15.2 Å². The number of furan rings is 1. The third-order valence-corrected chi connectivity index (χ3v) is 6.85. The maximum Gasteiger partial charge on any atom is 0.257 e. The summed E-state index contributed by atoms with van der Waals surface area (Å²) in [6, 6.07) is 10.9.